The maximum atomic E-state index is 7.33. The summed E-state index contributed by atoms with van der Waals surface area (Å²) >= 11 is 0. The first kappa shape index (κ1) is 30.7. The Balaban J connectivity index is -0.0000000133. The zero-order chi connectivity index (χ0) is 4.50. The smallest absolute Gasteiger partial charge is 0.368 e. The zero-order valence-corrected chi connectivity index (χ0v) is 9.45. The average molecular weight is 316 g/mol. The monoisotopic (exact) mass is 314 g/mol. The summed E-state index contributed by atoms with van der Waals surface area (Å²) in [6, 6.07) is 0. The molecule has 9 heteroatoms. The van der Waals surface area contributed by atoms with Crippen molar-refractivity contribution in [3.05, 3.63) is 0 Å². The van der Waals surface area contributed by atoms with Gasteiger partial charge in [-0.25, -0.2) is 0 Å². The van der Waals surface area contributed by atoms with Gasteiger partial charge in [-0.2, -0.15) is 0 Å². The van der Waals surface area contributed by atoms with E-state index in [-0.39, 0.29) is 65.4 Å². The molecular weight excluding hydrogens is 306 g/mol. The fourth-order valence-corrected chi connectivity index (χ4v) is 0. The largest absolute Gasteiger partial charge is 0.668 e. The van der Waals surface area contributed by atoms with E-state index in [9.17, 15) is 0 Å². The first-order valence-electron chi connectivity index (χ1n) is 0.894. The van der Waals surface area contributed by atoms with Gasteiger partial charge < -0.3 is 25.3 Å². The van der Waals surface area contributed by atoms with Crippen LogP contribution in [0.1, 0.15) is 0 Å². The third-order valence-electron chi connectivity index (χ3n) is 0. The summed E-state index contributed by atoms with van der Waals surface area (Å²) in [5.74, 6) is 0. The predicted octanol–water partition coefficient (Wildman–Crippen LogP) is -3.64. The number of rotatable bonds is 0. The molecular formula is H10AgAlNO4SiZn. The van der Waals surface area contributed by atoms with Crippen molar-refractivity contribution in [1.29, 1.82) is 0 Å². The van der Waals surface area contributed by atoms with Crippen molar-refractivity contribution < 1.29 is 61.0 Å². The van der Waals surface area contributed by atoms with Crippen LogP contribution < -0.4 is 6.15 Å². The Morgan fingerprint density at radius 1 is 0.889 bits per heavy atom. The van der Waals surface area contributed by atoms with E-state index in [1.54, 1.807) is 0 Å². The molecule has 1 radical (unpaired) electrons. The van der Waals surface area contributed by atoms with Crippen molar-refractivity contribution in [2.75, 3.05) is 0 Å². The van der Waals surface area contributed by atoms with Crippen LogP contribution in [0, 0.1) is 0 Å². The fourth-order valence-electron chi connectivity index (χ4n) is 0. The summed E-state index contributed by atoms with van der Waals surface area (Å²) in [7, 11) is -4.61. The molecule has 0 heterocycles. The summed E-state index contributed by atoms with van der Waals surface area (Å²) < 4.78 is 0. The Morgan fingerprint density at radius 3 is 0.889 bits per heavy atom. The molecule has 0 aromatic heterocycles. The van der Waals surface area contributed by atoms with Gasteiger partial charge in [0.1, 0.15) is 0 Å². The van der Waals surface area contributed by atoms with Crippen LogP contribution in [0.3, 0.4) is 0 Å². The summed E-state index contributed by atoms with van der Waals surface area (Å²) in [4.78, 5) is 29.3. The molecule has 0 spiro atoms. The molecule has 9 heavy (non-hydrogen) atoms. The van der Waals surface area contributed by atoms with E-state index in [0.29, 0.717) is 0 Å². The molecule has 0 aliphatic heterocycles. The standard InChI is InChI=1S/Ag.Al.H3N.H4O4Si.Zn.3H/c;;;1-5(2,3)4;;;;/h;;1H3;1-4H;;;;. The third-order valence-corrected chi connectivity index (χ3v) is 0. The van der Waals surface area contributed by atoms with Crippen LogP contribution >= 0.6 is 0 Å². The molecule has 0 fully saturated rings. The minimum absolute atomic E-state index is 0. The minimum atomic E-state index is -4.61. The van der Waals surface area contributed by atoms with Gasteiger partial charge in [0.2, 0.25) is 0 Å². The van der Waals surface area contributed by atoms with Gasteiger partial charge in [0.05, 0.1) is 0 Å². The van der Waals surface area contributed by atoms with Crippen LogP contribution in [0.5, 0.6) is 0 Å². The van der Waals surface area contributed by atoms with E-state index in [2.05, 4.69) is 0 Å². The van der Waals surface area contributed by atoms with E-state index in [1.165, 1.54) is 0 Å². The molecule has 0 amide bonds. The molecule has 0 aliphatic carbocycles. The molecule has 0 aromatic rings. The van der Waals surface area contributed by atoms with Crippen LogP contribution in [0.25, 0.3) is 0 Å². The fraction of sp³-hybridized carbons (Fsp3) is 0. The molecule has 0 unspecified atom stereocenters. The summed E-state index contributed by atoms with van der Waals surface area (Å²) in [5, 5.41) is 0. The van der Waals surface area contributed by atoms with Crippen molar-refractivity contribution in [2.45, 2.75) is 0 Å². The maximum Gasteiger partial charge on any atom is 0.668 e. The molecule has 59 valence electrons. The second-order valence-corrected chi connectivity index (χ2v) is 1.80. The maximum absolute atomic E-state index is 7.33. The first-order valence-corrected chi connectivity index (χ1v) is 2.68. The number of hydrogen-bond donors (Lipinski definition) is 5. The Kier molecular flexibility index (Phi) is 42.9. The van der Waals surface area contributed by atoms with Gasteiger partial charge in [-0.3, -0.25) is 0 Å². The molecule has 0 rings (SSSR count). The minimum Gasteiger partial charge on any atom is -0.368 e. The normalized spacial score (nSPS) is 6.67. The van der Waals surface area contributed by atoms with Gasteiger partial charge in [-0.05, 0) is 0 Å². The van der Waals surface area contributed by atoms with E-state index < -0.39 is 9.05 Å². The zero-order valence-electron chi connectivity index (χ0n) is 4.00. The SMILES string of the molecule is N.O[Si](O)(O)O.[Ag].[AlH3].[Zn]. The second kappa shape index (κ2) is 12.6. The van der Waals surface area contributed by atoms with Crippen LogP contribution in [0.4, 0.5) is 0 Å². The molecule has 0 saturated heterocycles. The van der Waals surface area contributed by atoms with Gasteiger partial charge >= 0.3 is 9.05 Å². The Hall–Kier alpha value is 1.91. The molecule has 7 N–H and O–H groups in total. The molecule has 0 aliphatic rings. The van der Waals surface area contributed by atoms with Crippen LogP contribution in [-0.2, 0) is 41.9 Å². The Bertz CT molecular complexity index is 36.0. The molecule has 0 aromatic carbocycles. The molecule has 0 bridgehead atoms. The van der Waals surface area contributed by atoms with Gasteiger partial charge in [0, 0.05) is 41.9 Å². The predicted molar refractivity (Wildman–Crippen MR) is 29.6 cm³/mol. The van der Waals surface area contributed by atoms with Gasteiger partial charge in [-0.15, -0.1) is 0 Å². The Labute approximate surface area is 93.0 Å². The van der Waals surface area contributed by atoms with Gasteiger partial charge in [0.25, 0.3) is 0 Å². The van der Waals surface area contributed by atoms with Crippen molar-refractivity contribution in [2.24, 2.45) is 0 Å². The summed E-state index contributed by atoms with van der Waals surface area (Å²) in [6.07, 6.45) is 0. The van der Waals surface area contributed by atoms with Crippen LogP contribution in [-0.4, -0.2) is 45.6 Å². The van der Waals surface area contributed by atoms with Crippen molar-refractivity contribution in [1.82, 2.24) is 6.15 Å². The van der Waals surface area contributed by atoms with Crippen molar-refractivity contribution in [3.8, 4) is 0 Å². The summed E-state index contributed by atoms with van der Waals surface area (Å²) in [6.45, 7) is 0. The van der Waals surface area contributed by atoms with Gasteiger partial charge in [-0.1, -0.05) is 0 Å². The second-order valence-electron chi connectivity index (χ2n) is 0.600. The molecule has 0 saturated carbocycles. The first-order chi connectivity index (χ1) is 2.00. The topological polar surface area (TPSA) is 116 Å². The van der Waals surface area contributed by atoms with Crippen molar-refractivity contribution in [3.63, 3.8) is 0 Å². The van der Waals surface area contributed by atoms with Crippen LogP contribution in [0.15, 0.2) is 0 Å². The van der Waals surface area contributed by atoms with E-state index in [1.807, 2.05) is 0 Å². The van der Waals surface area contributed by atoms with E-state index in [4.69, 9.17) is 19.2 Å². The van der Waals surface area contributed by atoms with Crippen molar-refractivity contribution >= 4 is 26.4 Å². The third kappa shape index (κ3) is 170. The van der Waals surface area contributed by atoms with E-state index >= 15 is 0 Å². The quantitative estimate of drug-likeness (QED) is 0.296. The molecule has 0 atom stereocenters. The summed E-state index contributed by atoms with van der Waals surface area (Å²) in [5.41, 5.74) is 0. The van der Waals surface area contributed by atoms with Gasteiger partial charge in [0.15, 0.2) is 17.4 Å². The number of hydrogen-bond acceptors (Lipinski definition) is 5. The molecule has 5 nitrogen and oxygen atoms in total. The van der Waals surface area contributed by atoms with E-state index in [0.717, 1.165) is 0 Å². The van der Waals surface area contributed by atoms with Crippen LogP contribution in [0.2, 0.25) is 0 Å². The average Bonchev–Trinajstić information content (AvgIpc) is 0.722. The Morgan fingerprint density at radius 2 is 0.889 bits per heavy atom.